The zero-order valence-electron chi connectivity index (χ0n) is 16.6. The summed E-state index contributed by atoms with van der Waals surface area (Å²) in [5, 5.41) is 0. The second-order valence-corrected chi connectivity index (χ2v) is 8.14. The van der Waals surface area contributed by atoms with Crippen LogP contribution in [0.25, 0.3) is 0 Å². The number of piperazine rings is 1. The third-order valence-electron chi connectivity index (χ3n) is 4.83. The fourth-order valence-corrected chi connectivity index (χ4v) is 3.32. The molecule has 0 spiro atoms. The van der Waals surface area contributed by atoms with Gasteiger partial charge < -0.3 is 20.3 Å². The highest BCUT2D eigenvalue weighted by atomic mass is 16.6. The Labute approximate surface area is 164 Å². The van der Waals surface area contributed by atoms with Crippen molar-refractivity contribution in [2.75, 3.05) is 42.5 Å². The molecule has 0 bridgehead atoms. The maximum atomic E-state index is 12.2. The van der Waals surface area contributed by atoms with E-state index in [9.17, 15) is 14.4 Å². The average Bonchev–Trinajstić information content (AvgIpc) is 3.03. The van der Waals surface area contributed by atoms with E-state index in [0.717, 1.165) is 5.69 Å². The minimum atomic E-state index is -0.505. The molecule has 3 heterocycles. The maximum Gasteiger partial charge on any atom is 0.410 e. The lowest BCUT2D eigenvalue weighted by molar-refractivity contribution is -0.123. The Kier molecular flexibility index (Phi) is 5.44. The number of amides is 3. The molecule has 2 fully saturated rings. The second kappa shape index (κ2) is 7.65. The first-order valence-electron chi connectivity index (χ1n) is 9.42. The van der Waals surface area contributed by atoms with Crippen molar-refractivity contribution in [1.82, 2.24) is 9.88 Å². The fraction of sp³-hybridized carbons (Fsp3) is 0.579. The Balaban J connectivity index is 1.57. The second-order valence-electron chi connectivity index (χ2n) is 8.14. The summed E-state index contributed by atoms with van der Waals surface area (Å²) < 4.78 is 5.41. The van der Waals surface area contributed by atoms with Crippen molar-refractivity contribution in [3.05, 3.63) is 18.3 Å². The van der Waals surface area contributed by atoms with Gasteiger partial charge in [0, 0.05) is 39.1 Å². The Morgan fingerprint density at radius 2 is 1.86 bits per heavy atom. The van der Waals surface area contributed by atoms with Crippen LogP contribution in [0, 0.1) is 5.92 Å². The Morgan fingerprint density at radius 3 is 2.36 bits per heavy atom. The third kappa shape index (κ3) is 4.52. The van der Waals surface area contributed by atoms with Gasteiger partial charge in [0.25, 0.3) is 0 Å². The summed E-state index contributed by atoms with van der Waals surface area (Å²) in [5.41, 5.74) is 5.72. The lowest BCUT2D eigenvalue weighted by Crippen LogP contribution is -2.50. The van der Waals surface area contributed by atoms with Crippen molar-refractivity contribution < 1.29 is 19.1 Å². The molecule has 2 aliphatic heterocycles. The van der Waals surface area contributed by atoms with Crippen molar-refractivity contribution in [2.24, 2.45) is 11.7 Å². The van der Waals surface area contributed by atoms with Gasteiger partial charge in [-0.1, -0.05) is 0 Å². The van der Waals surface area contributed by atoms with Crippen molar-refractivity contribution in [2.45, 2.75) is 32.8 Å². The zero-order valence-corrected chi connectivity index (χ0v) is 16.6. The lowest BCUT2D eigenvalue weighted by Gasteiger charge is -2.36. The van der Waals surface area contributed by atoms with E-state index in [1.165, 1.54) is 4.90 Å². The molecule has 28 heavy (non-hydrogen) atoms. The summed E-state index contributed by atoms with van der Waals surface area (Å²) in [6, 6.07) is 3.67. The molecule has 1 aromatic rings. The quantitative estimate of drug-likeness (QED) is 0.825. The number of rotatable bonds is 3. The maximum absolute atomic E-state index is 12.2. The van der Waals surface area contributed by atoms with Gasteiger partial charge >= 0.3 is 6.09 Å². The summed E-state index contributed by atoms with van der Waals surface area (Å²) in [7, 11) is 0. The van der Waals surface area contributed by atoms with Gasteiger partial charge in [-0.2, -0.15) is 0 Å². The number of nitrogens with zero attached hydrogens (tertiary/aromatic N) is 4. The highest BCUT2D eigenvalue weighted by Gasteiger charge is 2.34. The summed E-state index contributed by atoms with van der Waals surface area (Å²) >= 11 is 0. The van der Waals surface area contributed by atoms with Gasteiger partial charge in [0.2, 0.25) is 11.8 Å². The minimum Gasteiger partial charge on any atom is -0.444 e. The molecule has 2 N–H and O–H groups in total. The monoisotopic (exact) mass is 389 g/mol. The number of carbonyl (C=O) groups is 3. The van der Waals surface area contributed by atoms with E-state index in [1.807, 2.05) is 26.8 Å². The summed E-state index contributed by atoms with van der Waals surface area (Å²) in [5.74, 6) is -0.551. The molecule has 0 aromatic carbocycles. The molecule has 2 saturated heterocycles. The summed E-state index contributed by atoms with van der Waals surface area (Å²) in [6.07, 6.45) is 1.55. The fourth-order valence-electron chi connectivity index (χ4n) is 3.32. The molecule has 1 atom stereocenters. The number of ether oxygens (including phenoxy) is 1. The first-order chi connectivity index (χ1) is 13.1. The number of aromatic nitrogens is 1. The Bertz CT molecular complexity index is 751. The largest absolute Gasteiger partial charge is 0.444 e. The number of hydrogen-bond donors (Lipinski definition) is 1. The summed E-state index contributed by atoms with van der Waals surface area (Å²) in [4.78, 5) is 45.3. The predicted molar refractivity (Wildman–Crippen MR) is 104 cm³/mol. The molecule has 9 nitrogen and oxygen atoms in total. The van der Waals surface area contributed by atoms with Crippen molar-refractivity contribution >= 4 is 29.4 Å². The highest BCUT2D eigenvalue weighted by Crippen LogP contribution is 2.25. The van der Waals surface area contributed by atoms with Crippen LogP contribution in [-0.4, -0.2) is 66.1 Å². The molecule has 0 saturated carbocycles. The number of anilines is 2. The molecular formula is C19H27N5O4. The normalized spacial score (nSPS) is 20.5. The van der Waals surface area contributed by atoms with E-state index in [0.29, 0.717) is 32.0 Å². The van der Waals surface area contributed by atoms with Crippen LogP contribution in [0.4, 0.5) is 16.3 Å². The van der Waals surface area contributed by atoms with Gasteiger partial charge in [0.15, 0.2) is 0 Å². The first kappa shape index (κ1) is 19.9. The van der Waals surface area contributed by atoms with Crippen LogP contribution in [0.15, 0.2) is 18.3 Å². The van der Waals surface area contributed by atoms with Crippen LogP contribution >= 0.6 is 0 Å². The van der Waals surface area contributed by atoms with E-state index in [2.05, 4.69) is 9.88 Å². The zero-order chi connectivity index (χ0) is 20.5. The minimum absolute atomic E-state index is 0.130. The highest BCUT2D eigenvalue weighted by molar-refractivity contribution is 5.99. The number of primary amides is 1. The van der Waals surface area contributed by atoms with Gasteiger partial charge in [-0.3, -0.25) is 14.5 Å². The lowest BCUT2D eigenvalue weighted by atomic mass is 10.1. The Hall–Kier alpha value is -2.84. The van der Waals surface area contributed by atoms with Crippen molar-refractivity contribution in [3.63, 3.8) is 0 Å². The molecule has 152 valence electrons. The van der Waals surface area contributed by atoms with Gasteiger partial charge in [0.1, 0.15) is 11.4 Å². The van der Waals surface area contributed by atoms with Crippen LogP contribution in [0.2, 0.25) is 0 Å². The van der Waals surface area contributed by atoms with E-state index in [1.54, 1.807) is 17.2 Å². The SMILES string of the molecule is CC(C)(C)OC(=O)N1CCN(c2ccc(N3CC(C(N)=O)CC3=O)nc2)CC1. The number of nitrogens with two attached hydrogens (primary N) is 1. The van der Waals surface area contributed by atoms with E-state index in [4.69, 9.17) is 10.5 Å². The number of hydrogen-bond acceptors (Lipinski definition) is 6. The molecular weight excluding hydrogens is 362 g/mol. The van der Waals surface area contributed by atoms with Crippen LogP contribution in [0.1, 0.15) is 27.2 Å². The van der Waals surface area contributed by atoms with Crippen LogP contribution in [0.3, 0.4) is 0 Å². The van der Waals surface area contributed by atoms with Gasteiger partial charge in [-0.15, -0.1) is 0 Å². The smallest absolute Gasteiger partial charge is 0.410 e. The van der Waals surface area contributed by atoms with E-state index in [-0.39, 0.29) is 25.0 Å². The molecule has 9 heteroatoms. The summed E-state index contributed by atoms with van der Waals surface area (Å²) in [6.45, 7) is 8.32. The molecule has 0 radical (unpaired) electrons. The van der Waals surface area contributed by atoms with Crippen LogP contribution in [-0.2, 0) is 14.3 Å². The molecule has 2 aliphatic rings. The standard InChI is InChI=1S/C19H27N5O4/c1-19(2,3)28-18(27)23-8-6-22(7-9-23)14-4-5-15(21-11-14)24-12-13(17(20)26)10-16(24)25/h4-5,11,13H,6-10,12H2,1-3H3,(H2,20,26). The third-order valence-corrected chi connectivity index (χ3v) is 4.83. The van der Waals surface area contributed by atoms with E-state index < -0.39 is 17.4 Å². The van der Waals surface area contributed by atoms with Crippen molar-refractivity contribution in [3.8, 4) is 0 Å². The van der Waals surface area contributed by atoms with Gasteiger partial charge in [-0.05, 0) is 32.9 Å². The number of pyridine rings is 1. The van der Waals surface area contributed by atoms with Gasteiger partial charge in [-0.25, -0.2) is 9.78 Å². The molecule has 0 aliphatic carbocycles. The van der Waals surface area contributed by atoms with E-state index >= 15 is 0 Å². The molecule has 1 unspecified atom stereocenters. The van der Waals surface area contributed by atoms with Gasteiger partial charge in [0.05, 0.1) is 17.8 Å². The first-order valence-corrected chi connectivity index (χ1v) is 9.42. The predicted octanol–water partition coefficient (Wildman–Crippen LogP) is 0.977. The molecule has 1 aromatic heterocycles. The van der Waals surface area contributed by atoms with Crippen LogP contribution in [0.5, 0.6) is 0 Å². The Morgan fingerprint density at radius 1 is 1.18 bits per heavy atom. The molecule has 3 rings (SSSR count). The average molecular weight is 389 g/mol. The number of carbonyl (C=O) groups excluding carboxylic acids is 3. The topological polar surface area (TPSA) is 109 Å². The van der Waals surface area contributed by atoms with Crippen molar-refractivity contribution in [1.29, 1.82) is 0 Å². The van der Waals surface area contributed by atoms with Crippen LogP contribution < -0.4 is 15.5 Å². The molecule has 3 amide bonds.